The summed E-state index contributed by atoms with van der Waals surface area (Å²) in [4.78, 5) is 13.5. The van der Waals surface area contributed by atoms with Crippen LogP contribution in [0.5, 0.6) is 0 Å². The van der Waals surface area contributed by atoms with Crippen molar-refractivity contribution in [2.75, 3.05) is 26.2 Å². The average Bonchev–Trinajstić information content (AvgIpc) is 2.66. The summed E-state index contributed by atoms with van der Waals surface area (Å²) in [6, 6.07) is 9.70. The zero-order valence-corrected chi connectivity index (χ0v) is 9.69. The minimum Gasteiger partial charge on any atom is -0.445 e. The van der Waals surface area contributed by atoms with Crippen LogP contribution in [-0.4, -0.2) is 37.2 Å². The normalized spacial score (nSPS) is 16.4. The fraction of sp³-hybridized carbons (Fsp3) is 0.417. The molecule has 1 aliphatic rings. The molecular weight excluding hydrogens is 218 g/mol. The van der Waals surface area contributed by atoms with Gasteiger partial charge in [-0.15, -0.1) is 0 Å². The van der Waals surface area contributed by atoms with Gasteiger partial charge in [0.2, 0.25) is 0 Å². The molecule has 0 aromatic heterocycles. The van der Waals surface area contributed by atoms with Crippen LogP contribution in [0.25, 0.3) is 0 Å². The van der Waals surface area contributed by atoms with Crippen LogP contribution >= 0.6 is 0 Å². The lowest BCUT2D eigenvalue weighted by Crippen LogP contribution is -2.35. The van der Waals surface area contributed by atoms with Gasteiger partial charge in [-0.3, -0.25) is 10.9 Å². The summed E-state index contributed by atoms with van der Waals surface area (Å²) in [7, 11) is 0. The Morgan fingerprint density at radius 1 is 1.18 bits per heavy atom. The summed E-state index contributed by atoms with van der Waals surface area (Å²) in [6.45, 7) is 3.14. The summed E-state index contributed by atoms with van der Waals surface area (Å²) < 4.78 is 5.25. The summed E-state index contributed by atoms with van der Waals surface area (Å²) in [6.07, 6.45) is -0.251. The van der Waals surface area contributed by atoms with Crippen molar-refractivity contribution in [3.8, 4) is 0 Å². The zero-order valence-electron chi connectivity index (χ0n) is 9.69. The molecule has 0 unspecified atom stereocenters. The lowest BCUT2D eigenvalue weighted by molar-refractivity contribution is 0.0993. The number of hydrogen-bond acceptors (Lipinski definition) is 4. The highest BCUT2D eigenvalue weighted by Crippen LogP contribution is 2.03. The Balaban J connectivity index is 1.80. The second-order valence-corrected chi connectivity index (χ2v) is 3.88. The Bertz CT molecular complexity index is 348. The minimum absolute atomic E-state index is 0.251. The van der Waals surface area contributed by atoms with Crippen LogP contribution in [-0.2, 0) is 11.3 Å². The third-order valence-corrected chi connectivity index (χ3v) is 2.60. The monoisotopic (exact) mass is 235 g/mol. The molecular formula is C12H17N3O2. The van der Waals surface area contributed by atoms with Gasteiger partial charge in [0, 0.05) is 26.2 Å². The SMILES string of the molecule is O=C(OCc1ccccc1)N1CCNNCC1. The maximum absolute atomic E-state index is 11.8. The number of hydrazine groups is 1. The van der Waals surface area contributed by atoms with Gasteiger partial charge in [-0.2, -0.15) is 0 Å². The highest BCUT2D eigenvalue weighted by Gasteiger charge is 2.15. The maximum atomic E-state index is 11.8. The summed E-state index contributed by atoms with van der Waals surface area (Å²) in [5, 5.41) is 0. The van der Waals surface area contributed by atoms with Crippen molar-refractivity contribution in [1.82, 2.24) is 15.8 Å². The van der Waals surface area contributed by atoms with Crippen molar-refractivity contribution in [2.45, 2.75) is 6.61 Å². The van der Waals surface area contributed by atoms with E-state index < -0.39 is 0 Å². The van der Waals surface area contributed by atoms with Gasteiger partial charge in [0.15, 0.2) is 0 Å². The molecule has 0 saturated carbocycles. The third-order valence-electron chi connectivity index (χ3n) is 2.60. The number of ether oxygens (including phenoxy) is 1. The van der Waals surface area contributed by atoms with E-state index in [2.05, 4.69) is 10.9 Å². The van der Waals surface area contributed by atoms with E-state index in [1.807, 2.05) is 30.3 Å². The first-order chi connectivity index (χ1) is 8.36. The molecule has 0 atom stereocenters. The molecule has 1 aliphatic heterocycles. The third kappa shape index (κ3) is 3.72. The van der Waals surface area contributed by atoms with Crippen molar-refractivity contribution in [3.05, 3.63) is 35.9 Å². The largest absolute Gasteiger partial charge is 0.445 e. The standard InChI is InChI=1S/C12H17N3O2/c16-12(15-8-6-13-14-7-9-15)17-10-11-4-2-1-3-5-11/h1-5,13-14H,6-10H2. The van der Waals surface area contributed by atoms with Crippen LogP contribution < -0.4 is 10.9 Å². The van der Waals surface area contributed by atoms with Crippen molar-refractivity contribution in [2.24, 2.45) is 0 Å². The zero-order chi connectivity index (χ0) is 11.9. The summed E-state index contributed by atoms with van der Waals surface area (Å²) in [5.74, 6) is 0. The van der Waals surface area contributed by atoms with Crippen molar-refractivity contribution < 1.29 is 9.53 Å². The number of nitrogens with one attached hydrogen (secondary N) is 2. The smallest absolute Gasteiger partial charge is 0.410 e. The lowest BCUT2D eigenvalue weighted by atomic mass is 10.2. The number of carbonyl (C=O) groups excluding carboxylic acids is 1. The van der Waals surface area contributed by atoms with E-state index in [-0.39, 0.29) is 6.09 Å². The van der Waals surface area contributed by atoms with Gasteiger partial charge >= 0.3 is 6.09 Å². The Morgan fingerprint density at radius 3 is 2.47 bits per heavy atom. The van der Waals surface area contributed by atoms with E-state index in [9.17, 15) is 4.79 Å². The number of rotatable bonds is 2. The minimum atomic E-state index is -0.251. The Kier molecular flexibility index (Phi) is 4.35. The van der Waals surface area contributed by atoms with Gasteiger partial charge in [0.1, 0.15) is 6.61 Å². The molecule has 17 heavy (non-hydrogen) atoms. The number of carbonyl (C=O) groups is 1. The summed E-state index contributed by atoms with van der Waals surface area (Å²) in [5.41, 5.74) is 7.02. The summed E-state index contributed by atoms with van der Waals surface area (Å²) >= 11 is 0. The van der Waals surface area contributed by atoms with Crippen LogP contribution in [0.3, 0.4) is 0 Å². The molecule has 2 N–H and O–H groups in total. The topological polar surface area (TPSA) is 53.6 Å². The molecule has 0 aliphatic carbocycles. The van der Waals surface area contributed by atoms with E-state index >= 15 is 0 Å². The average molecular weight is 235 g/mol. The molecule has 1 aromatic carbocycles. The lowest BCUT2D eigenvalue weighted by Gasteiger charge is -2.18. The van der Waals surface area contributed by atoms with E-state index in [4.69, 9.17) is 4.74 Å². The second kappa shape index (κ2) is 6.22. The molecule has 1 heterocycles. The first kappa shape index (κ1) is 11.9. The molecule has 5 nitrogen and oxygen atoms in total. The molecule has 0 radical (unpaired) electrons. The predicted molar refractivity (Wildman–Crippen MR) is 64.2 cm³/mol. The van der Waals surface area contributed by atoms with Crippen molar-refractivity contribution in [1.29, 1.82) is 0 Å². The fourth-order valence-electron chi connectivity index (χ4n) is 1.66. The van der Waals surface area contributed by atoms with E-state index in [0.717, 1.165) is 18.7 Å². The maximum Gasteiger partial charge on any atom is 0.410 e. The van der Waals surface area contributed by atoms with E-state index in [1.54, 1.807) is 4.90 Å². The van der Waals surface area contributed by atoms with Crippen LogP contribution in [0.1, 0.15) is 5.56 Å². The first-order valence-corrected chi connectivity index (χ1v) is 5.77. The predicted octanol–water partition coefficient (Wildman–Crippen LogP) is 0.733. The molecule has 92 valence electrons. The van der Waals surface area contributed by atoms with Gasteiger partial charge in [0.05, 0.1) is 0 Å². The Morgan fingerprint density at radius 2 is 1.82 bits per heavy atom. The molecule has 0 spiro atoms. The van der Waals surface area contributed by atoms with Crippen LogP contribution in [0, 0.1) is 0 Å². The Hall–Kier alpha value is -1.59. The number of nitrogens with zero attached hydrogens (tertiary/aromatic N) is 1. The van der Waals surface area contributed by atoms with Crippen molar-refractivity contribution >= 4 is 6.09 Å². The molecule has 2 rings (SSSR count). The highest BCUT2D eigenvalue weighted by molar-refractivity contribution is 5.67. The fourth-order valence-corrected chi connectivity index (χ4v) is 1.66. The van der Waals surface area contributed by atoms with Crippen LogP contribution in [0.2, 0.25) is 0 Å². The molecule has 5 heteroatoms. The Labute approximate surface area is 101 Å². The molecule has 1 aromatic rings. The van der Waals surface area contributed by atoms with Gasteiger partial charge in [-0.05, 0) is 5.56 Å². The van der Waals surface area contributed by atoms with Crippen molar-refractivity contribution in [3.63, 3.8) is 0 Å². The second-order valence-electron chi connectivity index (χ2n) is 3.88. The number of amides is 1. The van der Waals surface area contributed by atoms with Gasteiger partial charge < -0.3 is 9.64 Å². The number of hydrogen-bond donors (Lipinski definition) is 2. The molecule has 0 bridgehead atoms. The van der Waals surface area contributed by atoms with Gasteiger partial charge in [-0.25, -0.2) is 4.79 Å². The van der Waals surface area contributed by atoms with E-state index in [0.29, 0.717) is 19.7 Å². The van der Waals surface area contributed by atoms with Crippen LogP contribution in [0.4, 0.5) is 4.79 Å². The first-order valence-electron chi connectivity index (χ1n) is 5.77. The molecule has 1 amide bonds. The molecule has 1 fully saturated rings. The molecule has 1 saturated heterocycles. The quantitative estimate of drug-likeness (QED) is 0.793. The highest BCUT2D eigenvalue weighted by atomic mass is 16.6. The van der Waals surface area contributed by atoms with Crippen LogP contribution in [0.15, 0.2) is 30.3 Å². The number of benzene rings is 1. The van der Waals surface area contributed by atoms with Gasteiger partial charge in [-0.1, -0.05) is 30.3 Å². The van der Waals surface area contributed by atoms with E-state index in [1.165, 1.54) is 0 Å². The van der Waals surface area contributed by atoms with Gasteiger partial charge in [0.25, 0.3) is 0 Å².